The van der Waals surface area contributed by atoms with Crippen LogP contribution >= 0.6 is 0 Å². The molecule has 10 aromatic carbocycles. The molecule has 0 amide bonds. The van der Waals surface area contributed by atoms with Crippen molar-refractivity contribution in [1.82, 2.24) is 0 Å². The van der Waals surface area contributed by atoms with Crippen molar-refractivity contribution >= 4 is 55.7 Å². The summed E-state index contributed by atoms with van der Waals surface area (Å²) in [6.07, 6.45) is 0. The normalized spacial score (nSPS) is 12.9. The highest BCUT2D eigenvalue weighted by molar-refractivity contribution is 6.13. The van der Waals surface area contributed by atoms with E-state index < -0.39 is 5.41 Å². The summed E-state index contributed by atoms with van der Waals surface area (Å²) in [5.41, 5.74) is 19.3. The van der Waals surface area contributed by atoms with Gasteiger partial charge in [-0.15, -0.1) is 0 Å². The number of rotatable bonds is 6. The zero-order valence-corrected chi connectivity index (χ0v) is 34.2. The molecule has 1 spiro atoms. The van der Waals surface area contributed by atoms with E-state index in [9.17, 15) is 0 Å². The predicted molar refractivity (Wildman–Crippen MR) is 257 cm³/mol. The molecule has 0 atom stereocenters. The minimum absolute atomic E-state index is 0.549. The molecule has 0 fully saturated rings. The van der Waals surface area contributed by atoms with Crippen molar-refractivity contribution in [3.05, 3.63) is 252 Å². The van der Waals surface area contributed by atoms with Crippen LogP contribution in [-0.4, -0.2) is 0 Å². The van der Waals surface area contributed by atoms with Crippen LogP contribution in [0.5, 0.6) is 0 Å². The highest BCUT2D eigenvalue weighted by Gasteiger charge is 2.52. The summed E-state index contributed by atoms with van der Waals surface area (Å²) in [4.78, 5) is 4.83. The van der Waals surface area contributed by atoms with Crippen LogP contribution in [0.1, 0.15) is 33.4 Å². The molecule has 12 rings (SSSR count). The average molecular weight is 779 g/mol. The minimum Gasteiger partial charge on any atom is -0.310 e. The van der Waals surface area contributed by atoms with Gasteiger partial charge in [0, 0.05) is 33.8 Å². The summed E-state index contributed by atoms with van der Waals surface area (Å²) in [6, 6.07) is 81.2. The van der Waals surface area contributed by atoms with Crippen LogP contribution in [0.3, 0.4) is 0 Å². The maximum absolute atomic E-state index is 2.54. The number of para-hydroxylation sites is 2. The summed E-state index contributed by atoms with van der Waals surface area (Å²) < 4.78 is 0. The molecule has 0 N–H and O–H groups in total. The summed E-state index contributed by atoms with van der Waals surface area (Å²) in [5, 5.41) is 4.92. The lowest BCUT2D eigenvalue weighted by molar-refractivity contribution is 0.795. The fourth-order valence-electron chi connectivity index (χ4n) is 10.4. The lowest BCUT2D eigenvalue weighted by atomic mass is 9.70. The average Bonchev–Trinajstić information content (AvgIpc) is 3.77. The largest absolute Gasteiger partial charge is 0.310 e. The first-order valence-corrected chi connectivity index (χ1v) is 21.3. The first-order valence-electron chi connectivity index (χ1n) is 21.3. The number of aryl methyl sites for hydroxylation is 2. The lowest BCUT2D eigenvalue weighted by Gasteiger charge is -2.33. The van der Waals surface area contributed by atoms with E-state index in [4.69, 9.17) is 0 Å². The Balaban J connectivity index is 1.18. The van der Waals surface area contributed by atoms with Crippen LogP contribution in [0.25, 0.3) is 43.8 Å². The van der Waals surface area contributed by atoms with E-state index in [0.29, 0.717) is 0 Å². The molecular weight excluding hydrogens is 737 g/mol. The predicted octanol–water partition coefficient (Wildman–Crippen LogP) is 15.9. The molecule has 61 heavy (non-hydrogen) atoms. The van der Waals surface area contributed by atoms with Gasteiger partial charge in [-0.25, -0.2) is 0 Å². The molecule has 0 saturated carbocycles. The number of fused-ring (bicyclic) bond motifs is 13. The Labute approximate surface area is 357 Å². The standard InChI is InChI=1S/C59H42N2/c1-39-25-30-45(31-26-39)60(43-15-5-3-6-16-43)47-34-29-41-36-52-55(37-42(41)35-47)59(53-23-13-11-19-48(53)49-20-12-14-24-54(49)59)56-38-57(50-21-9-10-22-51(50)58(52)56)61(44-17-7-4-8-18-44)46-32-27-40(2)28-33-46/h3-38H,1-2H3. The third-order valence-electron chi connectivity index (χ3n) is 13.1. The second kappa shape index (κ2) is 13.7. The van der Waals surface area contributed by atoms with E-state index in [1.54, 1.807) is 0 Å². The summed E-state index contributed by atoms with van der Waals surface area (Å²) in [7, 11) is 0. The third-order valence-corrected chi connectivity index (χ3v) is 13.1. The maximum atomic E-state index is 2.54. The second-order valence-corrected chi connectivity index (χ2v) is 16.6. The van der Waals surface area contributed by atoms with Gasteiger partial charge in [0.1, 0.15) is 0 Å². The molecule has 2 nitrogen and oxygen atoms in total. The van der Waals surface area contributed by atoms with Gasteiger partial charge in [-0.2, -0.15) is 0 Å². The van der Waals surface area contributed by atoms with Crippen molar-refractivity contribution in [1.29, 1.82) is 0 Å². The van der Waals surface area contributed by atoms with Crippen LogP contribution in [-0.2, 0) is 5.41 Å². The summed E-state index contributed by atoms with van der Waals surface area (Å²) in [5.74, 6) is 0. The lowest BCUT2D eigenvalue weighted by Crippen LogP contribution is -2.26. The molecule has 0 aliphatic heterocycles. The molecule has 2 aliphatic carbocycles. The van der Waals surface area contributed by atoms with Gasteiger partial charge >= 0.3 is 0 Å². The first kappa shape index (κ1) is 35.3. The van der Waals surface area contributed by atoms with Gasteiger partial charge in [-0.1, -0.05) is 151 Å². The van der Waals surface area contributed by atoms with Crippen LogP contribution in [0.2, 0.25) is 0 Å². The van der Waals surface area contributed by atoms with Crippen molar-refractivity contribution in [2.45, 2.75) is 19.3 Å². The molecule has 0 heterocycles. The Hall–Kier alpha value is -7.68. The highest BCUT2D eigenvalue weighted by atomic mass is 15.1. The monoisotopic (exact) mass is 778 g/mol. The molecule has 0 unspecified atom stereocenters. The summed E-state index contributed by atoms with van der Waals surface area (Å²) in [6.45, 7) is 4.31. The number of hydrogen-bond donors (Lipinski definition) is 0. The van der Waals surface area contributed by atoms with Gasteiger partial charge in [0.25, 0.3) is 0 Å². The van der Waals surface area contributed by atoms with Crippen molar-refractivity contribution < 1.29 is 0 Å². The zero-order chi connectivity index (χ0) is 40.7. The fraction of sp³-hybridized carbons (Fsp3) is 0.0508. The molecule has 288 valence electrons. The Kier molecular flexibility index (Phi) is 7.92. The number of nitrogens with zero attached hydrogens (tertiary/aromatic N) is 2. The van der Waals surface area contributed by atoms with Crippen molar-refractivity contribution in [2.24, 2.45) is 0 Å². The number of hydrogen-bond acceptors (Lipinski definition) is 2. The van der Waals surface area contributed by atoms with E-state index in [2.05, 4.69) is 242 Å². The van der Waals surface area contributed by atoms with E-state index >= 15 is 0 Å². The van der Waals surface area contributed by atoms with Gasteiger partial charge in [0.2, 0.25) is 0 Å². The first-order chi connectivity index (χ1) is 30.1. The van der Waals surface area contributed by atoms with E-state index in [0.717, 1.165) is 28.4 Å². The van der Waals surface area contributed by atoms with Crippen molar-refractivity contribution in [3.8, 4) is 22.3 Å². The Morgan fingerprint density at radius 2 is 0.803 bits per heavy atom. The van der Waals surface area contributed by atoms with Gasteiger partial charge < -0.3 is 9.80 Å². The van der Waals surface area contributed by atoms with E-state index in [1.807, 2.05) is 0 Å². The van der Waals surface area contributed by atoms with Crippen molar-refractivity contribution in [2.75, 3.05) is 9.80 Å². The number of benzene rings is 10. The molecule has 0 bridgehead atoms. The molecule has 0 saturated heterocycles. The molecular formula is C59H42N2. The Bertz CT molecular complexity index is 3270. The SMILES string of the molecule is Cc1ccc(N(c2ccccc2)c2ccc3cc4c(cc3c2)C2(c3ccccc3-c3ccccc32)c2cc(N(c3ccccc3)c3ccc(C)cc3)c3ccccc3c2-4)cc1. The molecule has 10 aromatic rings. The highest BCUT2D eigenvalue weighted by Crippen LogP contribution is 2.65. The van der Waals surface area contributed by atoms with Crippen LogP contribution < -0.4 is 9.80 Å². The van der Waals surface area contributed by atoms with E-state index in [1.165, 1.54) is 82.9 Å². The maximum Gasteiger partial charge on any atom is 0.0726 e. The molecule has 2 aliphatic rings. The smallest absolute Gasteiger partial charge is 0.0726 e. The quantitative estimate of drug-likeness (QED) is 0.166. The van der Waals surface area contributed by atoms with Crippen LogP contribution in [0, 0.1) is 13.8 Å². The zero-order valence-electron chi connectivity index (χ0n) is 34.2. The van der Waals surface area contributed by atoms with Crippen LogP contribution in [0.15, 0.2) is 218 Å². The van der Waals surface area contributed by atoms with E-state index in [-0.39, 0.29) is 0 Å². The van der Waals surface area contributed by atoms with Gasteiger partial charge in [-0.3, -0.25) is 0 Å². The fourth-order valence-corrected chi connectivity index (χ4v) is 10.4. The van der Waals surface area contributed by atoms with Gasteiger partial charge in [0.05, 0.1) is 11.1 Å². The number of anilines is 6. The second-order valence-electron chi connectivity index (χ2n) is 16.6. The van der Waals surface area contributed by atoms with Crippen molar-refractivity contribution in [3.63, 3.8) is 0 Å². The molecule has 2 heteroatoms. The Morgan fingerprint density at radius 3 is 1.43 bits per heavy atom. The third kappa shape index (κ3) is 5.29. The van der Waals surface area contributed by atoms with Gasteiger partial charge in [-0.05, 0) is 153 Å². The van der Waals surface area contributed by atoms with Gasteiger partial charge in [0.15, 0.2) is 0 Å². The topological polar surface area (TPSA) is 6.48 Å². The summed E-state index contributed by atoms with van der Waals surface area (Å²) >= 11 is 0. The molecule has 0 aromatic heterocycles. The molecule has 0 radical (unpaired) electrons. The minimum atomic E-state index is -0.549. The Morgan fingerprint density at radius 1 is 0.311 bits per heavy atom. The van der Waals surface area contributed by atoms with Crippen LogP contribution in [0.4, 0.5) is 34.1 Å².